The minimum absolute atomic E-state index is 0.0739. The summed E-state index contributed by atoms with van der Waals surface area (Å²) in [4.78, 5) is 27.0. The number of carbonyl (C=O) groups excluding carboxylic acids is 1. The summed E-state index contributed by atoms with van der Waals surface area (Å²) in [5, 5.41) is 3.07. The number of aromatic nitrogens is 2. The van der Waals surface area contributed by atoms with Crippen molar-refractivity contribution in [2.75, 3.05) is 31.1 Å². The SMILES string of the molecule is O=C([C@@H]1CN(c2ncnc3sccc23)CCO1)N1CCc2ccccc2C1. The van der Waals surface area contributed by atoms with E-state index in [9.17, 15) is 4.79 Å². The van der Waals surface area contributed by atoms with Crippen molar-refractivity contribution >= 4 is 33.3 Å². The van der Waals surface area contributed by atoms with E-state index in [-0.39, 0.29) is 5.91 Å². The van der Waals surface area contributed by atoms with Crippen molar-refractivity contribution in [3.63, 3.8) is 0 Å². The number of anilines is 1. The van der Waals surface area contributed by atoms with Gasteiger partial charge in [0.1, 0.15) is 17.0 Å². The van der Waals surface area contributed by atoms with Crippen LogP contribution in [0.5, 0.6) is 0 Å². The number of benzene rings is 1. The van der Waals surface area contributed by atoms with Crippen LogP contribution in [-0.2, 0) is 22.5 Å². The van der Waals surface area contributed by atoms with Crippen molar-refractivity contribution in [3.05, 3.63) is 53.2 Å². The van der Waals surface area contributed by atoms with E-state index in [0.717, 1.165) is 35.5 Å². The number of fused-ring (bicyclic) bond motifs is 2. The molecule has 0 bridgehead atoms. The molecule has 2 aliphatic heterocycles. The van der Waals surface area contributed by atoms with E-state index in [4.69, 9.17) is 4.74 Å². The van der Waals surface area contributed by atoms with Crippen molar-refractivity contribution in [3.8, 4) is 0 Å². The van der Waals surface area contributed by atoms with Gasteiger partial charge >= 0.3 is 0 Å². The fraction of sp³-hybridized carbons (Fsp3) is 0.350. The van der Waals surface area contributed by atoms with E-state index in [0.29, 0.717) is 19.7 Å². The number of carbonyl (C=O) groups is 1. The Hall–Kier alpha value is -2.51. The van der Waals surface area contributed by atoms with Gasteiger partial charge in [-0.05, 0) is 29.0 Å². The summed E-state index contributed by atoms with van der Waals surface area (Å²) in [5.74, 6) is 0.969. The Balaban J connectivity index is 1.34. The molecule has 7 heteroatoms. The van der Waals surface area contributed by atoms with Crippen LogP contribution < -0.4 is 4.90 Å². The first kappa shape index (κ1) is 16.6. The van der Waals surface area contributed by atoms with Gasteiger partial charge in [0.15, 0.2) is 6.10 Å². The second-order valence-electron chi connectivity index (χ2n) is 6.92. The molecule has 1 fully saturated rings. The van der Waals surface area contributed by atoms with Gasteiger partial charge in [0.05, 0.1) is 18.5 Å². The van der Waals surface area contributed by atoms with Crippen LogP contribution in [0.15, 0.2) is 42.0 Å². The zero-order chi connectivity index (χ0) is 18.2. The maximum atomic E-state index is 13.1. The van der Waals surface area contributed by atoms with Crippen LogP contribution in [0.3, 0.4) is 0 Å². The smallest absolute Gasteiger partial charge is 0.253 e. The normalized spacial score (nSPS) is 19.9. The number of nitrogens with zero attached hydrogens (tertiary/aromatic N) is 4. The zero-order valence-corrected chi connectivity index (χ0v) is 15.7. The minimum atomic E-state index is -0.451. The fourth-order valence-electron chi connectivity index (χ4n) is 3.91. The van der Waals surface area contributed by atoms with Gasteiger partial charge in [-0.2, -0.15) is 0 Å². The molecule has 138 valence electrons. The number of thiophene rings is 1. The average molecular weight is 380 g/mol. The molecular weight excluding hydrogens is 360 g/mol. The Labute approximate surface area is 161 Å². The molecule has 0 unspecified atom stereocenters. The lowest BCUT2D eigenvalue weighted by Gasteiger charge is -2.37. The van der Waals surface area contributed by atoms with Gasteiger partial charge in [-0.1, -0.05) is 24.3 Å². The molecule has 4 heterocycles. The van der Waals surface area contributed by atoms with Gasteiger partial charge in [-0.3, -0.25) is 4.79 Å². The van der Waals surface area contributed by atoms with Crippen molar-refractivity contribution in [2.24, 2.45) is 0 Å². The molecule has 27 heavy (non-hydrogen) atoms. The average Bonchev–Trinajstić information content (AvgIpc) is 3.22. The molecule has 2 aliphatic rings. The quantitative estimate of drug-likeness (QED) is 0.684. The molecule has 5 rings (SSSR count). The topological polar surface area (TPSA) is 58.6 Å². The molecule has 0 radical (unpaired) electrons. The monoisotopic (exact) mass is 380 g/mol. The van der Waals surface area contributed by atoms with E-state index < -0.39 is 6.10 Å². The van der Waals surface area contributed by atoms with Gasteiger partial charge in [-0.15, -0.1) is 11.3 Å². The first-order chi connectivity index (χ1) is 13.3. The van der Waals surface area contributed by atoms with Crippen LogP contribution in [0.1, 0.15) is 11.1 Å². The summed E-state index contributed by atoms with van der Waals surface area (Å²) in [7, 11) is 0. The second-order valence-corrected chi connectivity index (χ2v) is 7.82. The van der Waals surface area contributed by atoms with Crippen LogP contribution in [0.2, 0.25) is 0 Å². The fourth-order valence-corrected chi connectivity index (χ4v) is 4.63. The summed E-state index contributed by atoms with van der Waals surface area (Å²) in [5.41, 5.74) is 2.58. The Kier molecular flexibility index (Phi) is 4.26. The molecule has 3 aromatic rings. The molecule has 1 atom stereocenters. The number of amides is 1. The highest BCUT2D eigenvalue weighted by atomic mass is 32.1. The largest absolute Gasteiger partial charge is 0.365 e. The second kappa shape index (κ2) is 6.90. The number of rotatable bonds is 2. The predicted octanol–water partition coefficient (Wildman–Crippen LogP) is 2.48. The van der Waals surface area contributed by atoms with Gasteiger partial charge < -0.3 is 14.5 Å². The molecule has 6 nitrogen and oxygen atoms in total. The molecular formula is C20H20N4O2S. The lowest BCUT2D eigenvalue weighted by molar-refractivity contribution is -0.145. The first-order valence-corrected chi connectivity index (χ1v) is 10.1. The summed E-state index contributed by atoms with van der Waals surface area (Å²) in [6.07, 6.45) is 2.05. The van der Waals surface area contributed by atoms with E-state index in [1.807, 2.05) is 22.4 Å². The van der Waals surface area contributed by atoms with E-state index in [2.05, 4.69) is 33.1 Å². The molecule has 1 amide bonds. The summed E-state index contributed by atoms with van der Waals surface area (Å²) in [6.45, 7) is 3.19. The molecule has 2 aromatic heterocycles. The highest BCUT2D eigenvalue weighted by molar-refractivity contribution is 7.16. The molecule has 0 saturated carbocycles. The molecule has 1 saturated heterocycles. The Morgan fingerprint density at radius 3 is 2.96 bits per heavy atom. The third-order valence-corrected chi connectivity index (χ3v) is 6.15. The molecule has 1 aromatic carbocycles. The minimum Gasteiger partial charge on any atom is -0.365 e. The summed E-state index contributed by atoms with van der Waals surface area (Å²) < 4.78 is 5.85. The third-order valence-electron chi connectivity index (χ3n) is 5.32. The zero-order valence-electron chi connectivity index (χ0n) is 14.9. The molecule has 0 N–H and O–H groups in total. The molecule has 0 spiro atoms. The van der Waals surface area contributed by atoms with Gasteiger partial charge in [0.25, 0.3) is 5.91 Å². The Bertz CT molecular complexity index is 989. The predicted molar refractivity (Wildman–Crippen MR) is 105 cm³/mol. The Morgan fingerprint density at radius 1 is 1.15 bits per heavy atom. The standard InChI is InChI=1S/C20H20N4O2S/c25-20(24-7-5-14-3-1-2-4-15(14)11-24)17-12-23(8-9-26-17)18-16-6-10-27-19(16)22-13-21-18/h1-4,6,10,13,17H,5,7-9,11-12H2/t17-/m0/s1. The van der Waals surface area contributed by atoms with Crippen molar-refractivity contribution < 1.29 is 9.53 Å². The van der Waals surface area contributed by atoms with E-state index >= 15 is 0 Å². The first-order valence-electron chi connectivity index (χ1n) is 9.20. The maximum Gasteiger partial charge on any atom is 0.253 e. The summed E-state index contributed by atoms with van der Waals surface area (Å²) >= 11 is 1.60. The number of hydrogen-bond donors (Lipinski definition) is 0. The number of hydrogen-bond acceptors (Lipinski definition) is 6. The Morgan fingerprint density at radius 2 is 2.04 bits per heavy atom. The highest BCUT2D eigenvalue weighted by Crippen LogP contribution is 2.28. The maximum absolute atomic E-state index is 13.1. The highest BCUT2D eigenvalue weighted by Gasteiger charge is 2.32. The lowest BCUT2D eigenvalue weighted by Crippen LogP contribution is -2.52. The van der Waals surface area contributed by atoms with Crippen LogP contribution >= 0.6 is 11.3 Å². The van der Waals surface area contributed by atoms with E-state index in [1.54, 1.807) is 17.7 Å². The summed E-state index contributed by atoms with van der Waals surface area (Å²) in [6, 6.07) is 10.4. The van der Waals surface area contributed by atoms with Crippen molar-refractivity contribution in [1.29, 1.82) is 0 Å². The van der Waals surface area contributed by atoms with Crippen molar-refractivity contribution in [1.82, 2.24) is 14.9 Å². The van der Waals surface area contributed by atoms with E-state index in [1.165, 1.54) is 11.1 Å². The van der Waals surface area contributed by atoms with Crippen LogP contribution in [0, 0.1) is 0 Å². The number of morpholine rings is 1. The van der Waals surface area contributed by atoms with Gasteiger partial charge in [-0.25, -0.2) is 9.97 Å². The van der Waals surface area contributed by atoms with Crippen LogP contribution in [0.4, 0.5) is 5.82 Å². The molecule has 0 aliphatic carbocycles. The van der Waals surface area contributed by atoms with Crippen molar-refractivity contribution in [2.45, 2.75) is 19.1 Å². The van der Waals surface area contributed by atoms with Crippen LogP contribution in [-0.4, -0.2) is 53.1 Å². The third kappa shape index (κ3) is 3.07. The van der Waals surface area contributed by atoms with Gasteiger partial charge in [0, 0.05) is 19.6 Å². The van der Waals surface area contributed by atoms with Gasteiger partial charge in [0.2, 0.25) is 0 Å². The lowest BCUT2D eigenvalue weighted by atomic mass is 9.99. The van der Waals surface area contributed by atoms with Crippen LogP contribution in [0.25, 0.3) is 10.2 Å². The number of ether oxygens (including phenoxy) is 1.